The molecule has 0 radical (unpaired) electrons. The number of amides is 2. The molecule has 0 aliphatic carbocycles. The van der Waals surface area contributed by atoms with Crippen molar-refractivity contribution in [3.05, 3.63) is 34.6 Å². The molecule has 1 aromatic carbocycles. The number of carbonyl (C=O) groups excluding carboxylic acids is 1. The molecule has 5 nitrogen and oxygen atoms in total. The topological polar surface area (TPSA) is 69.6 Å². The minimum absolute atomic E-state index is 0.233. The summed E-state index contributed by atoms with van der Waals surface area (Å²) in [6, 6.07) is 2.88. The van der Waals surface area contributed by atoms with Crippen LogP contribution in [0.2, 0.25) is 0 Å². The van der Waals surface area contributed by atoms with Gasteiger partial charge in [-0.3, -0.25) is 4.79 Å². The fourth-order valence-electron chi connectivity index (χ4n) is 1.92. The predicted octanol–water partition coefficient (Wildman–Crippen LogP) is 2.06. The van der Waals surface area contributed by atoms with Gasteiger partial charge in [0.1, 0.15) is 12.4 Å². The summed E-state index contributed by atoms with van der Waals surface area (Å²) in [7, 11) is 0. The number of hydrogen-bond donors (Lipinski definition) is 2. The van der Waals surface area contributed by atoms with E-state index in [1.807, 2.05) is 0 Å². The molecule has 0 saturated heterocycles. The minimum atomic E-state index is -1.06. The summed E-state index contributed by atoms with van der Waals surface area (Å²) in [5, 5.41) is 11.3. The standard InChI is InChI=1S/C14H19FN2O3/c1-4-17(8-12(18)19)14(20)16-7-11-5-9(2)13(15)10(3)6-11/h5-6H,4,7-8H2,1-3H3,(H,16,20)(H,18,19). The summed E-state index contributed by atoms with van der Waals surface area (Å²) in [6.45, 7) is 5.22. The second-order valence-electron chi connectivity index (χ2n) is 4.61. The average molecular weight is 282 g/mol. The third-order valence-electron chi connectivity index (χ3n) is 2.94. The third-order valence-corrected chi connectivity index (χ3v) is 2.94. The molecule has 20 heavy (non-hydrogen) atoms. The third kappa shape index (κ3) is 4.22. The maximum absolute atomic E-state index is 13.5. The van der Waals surface area contributed by atoms with Gasteiger partial charge < -0.3 is 15.3 Å². The van der Waals surface area contributed by atoms with Crippen molar-refractivity contribution in [3.63, 3.8) is 0 Å². The fourth-order valence-corrected chi connectivity index (χ4v) is 1.92. The highest BCUT2D eigenvalue weighted by molar-refractivity contribution is 5.80. The predicted molar refractivity (Wildman–Crippen MR) is 73.0 cm³/mol. The van der Waals surface area contributed by atoms with E-state index in [2.05, 4.69) is 5.32 Å². The number of halogens is 1. The van der Waals surface area contributed by atoms with Crippen LogP contribution in [0.5, 0.6) is 0 Å². The van der Waals surface area contributed by atoms with Crippen molar-refractivity contribution in [3.8, 4) is 0 Å². The normalized spacial score (nSPS) is 10.2. The minimum Gasteiger partial charge on any atom is -0.480 e. The van der Waals surface area contributed by atoms with Gasteiger partial charge in [-0.2, -0.15) is 0 Å². The first-order valence-electron chi connectivity index (χ1n) is 6.35. The van der Waals surface area contributed by atoms with Gasteiger partial charge >= 0.3 is 12.0 Å². The molecular formula is C14H19FN2O3. The quantitative estimate of drug-likeness (QED) is 0.868. The number of hydrogen-bond acceptors (Lipinski definition) is 2. The van der Waals surface area contributed by atoms with Crippen LogP contribution in [0.15, 0.2) is 12.1 Å². The van der Waals surface area contributed by atoms with Crippen LogP contribution in [-0.2, 0) is 11.3 Å². The Morgan fingerprint density at radius 2 is 1.85 bits per heavy atom. The van der Waals surface area contributed by atoms with Crippen LogP contribution < -0.4 is 5.32 Å². The Morgan fingerprint density at radius 3 is 2.30 bits per heavy atom. The maximum atomic E-state index is 13.5. The summed E-state index contributed by atoms with van der Waals surface area (Å²) in [6.07, 6.45) is 0. The van der Waals surface area contributed by atoms with E-state index in [1.165, 1.54) is 4.90 Å². The summed E-state index contributed by atoms with van der Waals surface area (Å²) in [4.78, 5) is 23.6. The molecule has 0 spiro atoms. The molecule has 0 fully saturated rings. The van der Waals surface area contributed by atoms with E-state index in [4.69, 9.17) is 5.11 Å². The summed E-state index contributed by atoms with van der Waals surface area (Å²) in [5.74, 6) is -1.31. The Hall–Kier alpha value is -2.11. The Morgan fingerprint density at radius 1 is 1.30 bits per heavy atom. The fraction of sp³-hybridized carbons (Fsp3) is 0.429. The van der Waals surface area contributed by atoms with Crippen molar-refractivity contribution < 1.29 is 19.1 Å². The van der Waals surface area contributed by atoms with Crippen molar-refractivity contribution in [1.82, 2.24) is 10.2 Å². The molecule has 0 aliphatic heterocycles. The Bertz CT molecular complexity index is 494. The lowest BCUT2D eigenvalue weighted by atomic mass is 10.1. The first-order chi connectivity index (χ1) is 9.35. The molecule has 2 N–H and O–H groups in total. The van der Waals surface area contributed by atoms with Crippen LogP contribution in [0.3, 0.4) is 0 Å². The first kappa shape index (κ1) is 15.9. The van der Waals surface area contributed by atoms with Crippen LogP contribution in [0.4, 0.5) is 9.18 Å². The molecule has 0 atom stereocenters. The molecule has 0 aromatic heterocycles. The van der Waals surface area contributed by atoms with E-state index < -0.39 is 12.0 Å². The van der Waals surface area contributed by atoms with Gasteiger partial charge in [0, 0.05) is 13.1 Å². The van der Waals surface area contributed by atoms with Crippen molar-refractivity contribution in [2.24, 2.45) is 0 Å². The van der Waals surface area contributed by atoms with Gasteiger partial charge in [-0.1, -0.05) is 12.1 Å². The molecule has 2 amide bonds. The van der Waals surface area contributed by atoms with Crippen molar-refractivity contribution >= 4 is 12.0 Å². The van der Waals surface area contributed by atoms with Gasteiger partial charge in [0.2, 0.25) is 0 Å². The lowest BCUT2D eigenvalue weighted by Crippen LogP contribution is -2.42. The highest BCUT2D eigenvalue weighted by atomic mass is 19.1. The van der Waals surface area contributed by atoms with E-state index in [-0.39, 0.29) is 18.9 Å². The lowest BCUT2D eigenvalue weighted by Gasteiger charge is -2.19. The number of urea groups is 1. The number of nitrogens with one attached hydrogen (secondary N) is 1. The summed E-state index contributed by atoms with van der Waals surface area (Å²) < 4.78 is 13.5. The Balaban J connectivity index is 2.67. The van der Waals surface area contributed by atoms with Gasteiger partial charge in [-0.15, -0.1) is 0 Å². The number of benzene rings is 1. The zero-order valence-electron chi connectivity index (χ0n) is 11.9. The zero-order chi connectivity index (χ0) is 15.3. The van der Waals surface area contributed by atoms with Crippen LogP contribution in [-0.4, -0.2) is 35.1 Å². The highest BCUT2D eigenvalue weighted by Gasteiger charge is 2.14. The first-order valence-corrected chi connectivity index (χ1v) is 6.35. The van der Waals surface area contributed by atoms with E-state index in [0.29, 0.717) is 17.7 Å². The van der Waals surface area contributed by atoms with Crippen LogP contribution in [0.25, 0.3) is 0 Å². The summed E-state index contributed by atoms with van der Waals surface area (Å²) >= 11 is 0. The molecule has 0 bridgehead atoms. The number of rotatable bonds is 5. The Kier molecular flexibility index (Phi) is 5.49. The monoisotopic (exact) mass is 282 g/mol. The molecule has 0 heterocycles. The smallest absolute Gasteiger partial charge is 0.323 e. The average Bonchev–Trinajstić information content (AvgIpc) is 2.38. The Labute approximate surface area is 117 Å². The van der Waals surface area contributed by atoms with Crippen molar-refractivity contribution in [2.45, 2.75) is 27.3 Å². The van der Waals surface area contributed by atoms with Gasteiger partial charge in [-0.25, -0.2) is 9.18 Å². The van der Waals surface area contributed by atoms with Crippen LogP contribution >= 0.6 is 0 Å². The second kappa shape index (κ2) is 6.88. The van der Waals surface area contributed by atoms with E-state index in [1.54, 1.807) is 32.9 Å². The van der Waals surface area contributed by atoms with E-state index >= 15 is 0 Å². The molecular weight excluding hydrogens is 263 g/mol. The summed E-state index contributed by atoms with van der Waals surface area (Å²) in [5.41, 5.74) is 1.82. The molecule has 6 heteroatoms. The number of carbonyl (C=O) groups is 2. The molecule has 0 aliphatic rings. The molecule has 1 aromatic rings. The van der Waals surface area contributed by atoms with Gasteiger partial charge in [0.25, 0.3) is 0 Å². The van der Waals surface area contributed by atoms with Crippen molar-refractivity contribution in [2.75, 3.05) is 13.1 Å². The zero-order valence-corrected chi connectivity index (χ0v) is 11.9. The number of likely N-dealkylation sites (N-methyl/N-ethyl adjacent to an activating group) is 1. The molecule has 1 rings (SSSR count). The van der Waals surface area contributed by atoms with E-state index in [0.717, 1.165) is 5.56 Å². The number of aliphatic carboxylic acids is 1. The highest BCUT2D eigenvalue weighted by Crippen LogP contribution is 2.14. The van der Waals surface area contributed by atoms with Gasteiger partial charge in [-0.05, 0) is 37.5 Å². The number of carboxylic acid groups (broad SMARTS) is 1. The molecule has 0 saturated carbocycles. The van der Waals surface area contributed by atoms with E-state index in [9.17, 15) is 14.0 Å². The number of nitrogens with zero attached hydrogens (tertiary/aromatic N) is 1. The number of carboxylic acids is 1. The second-order valence-corrected chi connectivity index (χ2v) is 4.61. The van der Waals surface area contributed by atoms with Crippen LogP contribution in [0.1, 0.15) is 23.6 Å². The molecule has 0 unspecified atom stereocenters. The van der Waals surface area contributed by atoms with Gasteiger partial charge in [0.05, 0.1) is 0 Å². The lowest BCUT2D eigenvalue weighted by molar-refractivity contribution is -0.137. The number of aryl methyl sites for hydroxylation is 2. The maximum Gasteiger partial charge on any atom is 0.323 e. The van der Waals surface area contributed by atoms with Gasteiger partial charge in [0.15, 0.2) is 0 Å². The largest absolute Gasteiger partial charge is 0.480 e. The molecule has 110 valence electrons. The SMILES string of the molecule is CCN(CC(=O)O)C(=O)NCc1cc(C)c(F)c(C)c1. The van der Waals surface area contributed by atoms with Crippen LogP contribution in [0, 0.1) is 19.7 Å². The van der Waals surface area contributed by atoms with Crippen molar-refractivity contribution in [1.29, 1.82) is 0 Å².